The smallest absolute Gasteiger partial charge is 0.208 e. The highest BCUT2D eigenvalue weighted by atomic mass is 19.1. The molecule has 0 saturated carbocycles. The molecular formula is C26H24FN5O3. The summed E-state index contributed by atoms with van der Waals surface area (Å²) < 4.78 is 32.6. The minimum atomic E-state index is -0.290. The minimum absolute atomic E-state index is 0.229. The summed E-state index contributed by atoms with van der Waals surface area (Å²) in [7, 11) is 1.63. The van der Waals surface area contributed by atoms with Gasteiger partial charge in [-0.15, -0.1) is 0 Å². The lowest BCUT2D eigenvalue weighted by Crippen LogP contribution is -2.10. The van der Waals surface area contributed by atoms with Crippen LogP contribution in [0.5, 0.6) is 11.5 Å². The Kier molecular flexibility index (Phi) is 6.21. The lowest BCUT2D eigenvalue weighted by molar-refractivity contribution is 0.146. The Morgan fingerprint density at radius 1 is 1.23 bits per heavy atom. The molecule has 0 bridgehead atoms. The molecular weight excluding hydrogens is 449 g/mol. The first-order chi connectivity index (χ1) is 17.1. The molecule has 9 heteroatoms. The van der Waals surface area contributed by atoms with E-state index in [0.29, 0.717) is 43.4 Å². The van der Waals surface area contributed by atoms with E-state index in [1.807, 2.05) is 25.1 Å². The van der Waals surface area contributed by atoms with Crippen molar-refractivity contribution in [3.8, 4) is 28.7 Å². The first-order valence-corrected chi connectivity index (χ1v) is 11.3. The van der Waals surface area contributed by atoms with Crippen LogP contribution < -0.4 is 14.8 Å². The van der Waals surface area contributed by atoms with Gasteiger partial charge in [-0.1, -0.05) is 6.07 Å². The maximum absolute atomic E-state index is 14.6. The molecule has 2 aromatic heterocycles. The molecule has 0 radical (unpaired) electrons. The fourth-order valence-electron chi connectivity index (χ4n) is 4.30. The molecule has 4 aromatic rings. The Hall–Kier alpha value is -4.16. The monoisotopic (exact) mass is 473 g/mol. The quantitative estimate of drug-likeness (QED) is 0.382. The Bertz CT molecular complexity index is 1440. The summed E-state index contributed by atoms with van der Waals surface area (Å²) >= 11 is 0. The van der Waals surface area contributed by atoms with Crippen molar-refractivity contribution in [3.63, 3.8) is 0 Å². The van der Waals surface area contributed by atoms with Crippen molar-refractivity contribution < 1.29 is 18.6 Å². The highest BCUT2D eigenvalue weighted by Gasteiger charge is 2.20. The molecule has 8 nitrogen and oxygen atoms in total. The van der Waals surface area contributed by atoms with Gasteiger partial charge in [-0.25, -0.2) is 14.4 Å². The van der Waals surface area contributed by atoms with E-state index in [-0.39, 0.29) is 18.1 Å². The zero-order valence-corrected chi connectivity index (χ0v) is 19.5. The molecule has 35 heavy (non-hydrogen) atoms. The maximum Gasteiger partial charge on any atom is 0.208 e. The fourth-order valence-corrected chi connectivity index (χ4v) is 4.30. The van der Waals surface area contributed by atoms with E-state index >= 15 is 0 Å². The number of hydrogen-bond acceptors (Lipinski definition) is 7. The molecule has 0 fully saturated rings. The average molecular weight is 474 g/mol. The molecule has 0 atom stereocenters. The van der Waals surface area contributed by atoms with Crippen molar-refractivity contribution in [1.29, 1.82) is 5.26 Å². The number of nitrogens with zero attached hydrogens (tertiary/aromatic N) is 4. The van der Waals surface area contributed by atoms with E-state index in [1.54, 1.807) is 30.0 Å². The second-order valence-electron chi connectivity index (χ2n) is 8.20. The van der Waals surface area contributed by atoms with E-state index in [0.717, 1.165) is 33.8 Å². The molecule has 0 amide bonds. The number of fused-ring (bicyclic) bond motifs is 2. The van der Waals surface area contributed by atoms with Crippen LogP contribution in [0, 0.1) is 24.1 Å². The van der Waals surface area contributed by atoms with E-state index in [2.05, 4.69) is 21.4 Å². The van der Waals surface area contributed by atoms with Gasteiger partial charge in [0.05, 0.1) is 19.4 Å². The zero-order valence-electron chi connectivity index (χ0n) is 19.5. The van der Waals surface area contributed by atoms with Crippen LogP contribution in [0.1, 0.15) is 22.4 Å². The van der Waals surface area contributed by atoms with Crippen LogP contribution in [0.15, 0.2) is 42.7 Å². The highest BCUT2D eigenvalue weighted by Crippen LogP contribution is 2.32. The van der Waals surface area contributed by atoms with Crippen LogP contribution >= 0.6 is 0 Å². The SMILES string of the molecule is COCCOc1ccc(-c2cnc(NCc3c(F)ccc4c3CCO4)n3cc(C#N)nc23)c(C)c1. The fraction of sp³-hybridized carbons (Fsp3) is 0.269. The number of benzene rings is 2. The number of aryl methyl sites for hydroxylation is 1. The molecule has 5 rings (SSSR count). The predicted molar refractivity (Wildman–Crippen MR) is 128 cm³/mol. The number of halogens is 1. The zero-order chi connectivity index (χ0) is 24.4. The number of imidazole rings is 1. The van der Waals surface area contributed by atoms with Crippen molar-refractivity contribution in [2.75, 3.05) is 32.2 Å². The van der Waals surface area contributed by atoms with Crippen LogP contribution in [-0.4, -0.2) is 41.3 Å². The molecule has 178 valence electrons. The van der Waals surface area contributed by atoms with Gasteiger partial charge in [0.15, 0.2) is 11.3 Å². The molecule has 0 spiro atoms. The summed E-state index contributed by atoms with van der Waals surface area (Å²) in [4.78, 5) is 9.10. The minimum Gasteiger partial charge on any atom is -0.493 e. The Labute approximate surface area is 201 Å². The Morgan fingerprint density at radius 2 is 2.11 bits per heavy atom. The number of nitriles is 1. The first-order valence-electron chi connectivity index (χ1n) is 11.3. The third-order valence-electron chi connectivity index (χ3n) is 6.01. The van der Waals surface area contributed by atoms with E-state index in [9.17, 15) is 9.65 Å². The second kappa shape index (κ2) is 9.60. The number of ether oxygens (including phenoxy) is 3. The third kappa shape index (κ3) is 4.36. The second-order valence-corrected chi connectivity index (χ2v) is 8.20. The normalized spacial score (nSPS) is 12.3. The van der Waals surface area contributed by atoms with Gasteiger partial charge in [-0.3, -0.25) is 4.40 Å². The topological polar surface area (TPSA) is 93.7 Å². The van der Waals surface area contributed by atoms with Gasteiger partial charge in [-0.05, 0) is 42.3 Å². The highest BCUT2D eigenvalue weighted by molar-refractivity contribution is 5.80. The summed E-state index contributed by atoms with van der Waals surface area (Å²) in [5, 5.41) is 12.7. The van der Waals surface area contributed by atoms with Gasteiger partial charge >= 0.3 is 0 Å². The van der Waals surface area contributed by atoms with Gasteiger partial charge in [-0.2, -0.15) is 5.26 Å². The van der Waals surface area contributed by atoms with Crippen molar-refractivity contribution in [2.24, 2.45) is 0 Å². The molecule has 1 N–H and O–H groups in total. The lowest BCUT2D eigenvalue weighted by Gasteiger charge is -2.14. The maximum atomic E-state index is 14.6. The summed E-state index contributed by atoms with van der Waals surface area (Å²) in [5.74, 6) is 1.64. The van der Waals surface area contributed by atoms with E-state index in [1.165, 1.54) is 6.07 Å². The molecule has 1 aliphatic heterocycles. The van der Waals surface area contributed by atoms with Crippen LogP contribution in [0.25, 0.3) is 16.8 Å². The summed E-state index contributed by atoms with van der Waals surface area (Å²) in [5.41, 5.74) is 4.95. The Morgan fingerprint density at radius 3 is 2.91 bits per heavy atom. The molecule has 0 saturated heterocycles. The van der Waals surface area contributed by atoms with Gasteiger partial charge in [0.1, 0.15) is 30.0 Å². The van der Waals surface area contributed by atoms with Crippen molar-refractivity contribution in [2.45, 2.75) is 19.9 Å². The molecule has 0 aliphatic carbocycles. The van der Waals surface area contributed by atoms with E-state index < -0.39 is 0 Å². The van der Waals surface area contributed by atoms with Crippen LogP contribution in [0.2, 0.25) is 0 Å². The summed E-state index contributed by atoms with van der Waals surface area (Å²) in [6, 6.07) is 11.0. The summed E-state index contributed by atoms with van der Waals surface area (Å²) in [6.07, 6.45) is 4.01. The van der Waals surface area contributed by atoms with Gasteiger partial charge < -0.3 is 19.5 Å². The van der Waals surface area contributed by atoms with Crippen LogP contribution in [0.4, 0.5) is 10.3 Å². The average Bonchev–Trinajstić information content (AvgIpc) is 3.51. The van der Waals surface area contributed by atoms with Crippen molar-refractivity contribution in [1.82, 2.24) is 14.4 Å². The number of anilines is 1. The Balaban J connectivity index is 1.48. The molecule has 2 aromatic carbocycles. The van der Waals surface area contributed by atoms with Crippen LogP contribution in [-0.2, 0) is 17.7 Å². The largest absolute Gasteiger partial charge is 0.493 e. The number of aromatic nitrogens is 3. The molecule has 3 heterocycles. The van der Waals surface area contributed by atoms with Crippen molar-refractivity contribution >= 4 is 11.6 Å². The number of hydrogen-bond donors (Lipinski definition) is 1. The van der Waals surface area contributed by atoms with Gasteiger partial charge in [0.25, 0.3) is 0 Å². The number of nitrogens with one attached hydrogen (secondary N) is 1. The molecule has 1 aliphatic rings. The third-order valence-corrected chi connectivity index (χ3v) is 6.01. The molecule has 0 unspecified atom stereocenters. The van der Waals surface area contributed by atoms with E-state index in [4.69, 9.17) is 14.2 Å². The first kappa shape index (κ1) is 22.6. The number of methoxy groups -OCH3 is 1. The lowest BCUT2D eigenvalue weighted by atomic mass is 10.0. The van der Waals surface area contributed by atoms with Gasteiger partial charge in [0, 0.05) is 43.0 Å². The van der Waals surface area contributed by atoms with Crippen molar-refractivity contribution in [3.05, 3.63) is 70.9 Å². The standard InChI is InChI=1S/C26H24FN5O3/c1-16-11-18(34-10-9-33-2)3-4-19(16)22-14-30-26(32-15-17(12-28)31-25(22)32)29-13-21-20-7-8-35-24(20)6-5-23(21)27/h3-6,11,14-15H,7-10,13H2,1-2H3,(H,29,30). The van der Waals surface area contributed by atoms with Crippen LogP contribution in [0.3, 0.4) is 0 Å². The summed E-state index contributed by atoms with van der Waals surface area (Å²) in [6.45, 7) is 3.73. The predicted octanol–water partition coefficient (Wildman–Crippen LogP) is 4.29. The van der Waals surface area contributed by atoms with Gasteiger partial charge in [0.2, 0.25) is 5.95 Å². The number of rotatable bonds is 8.